The lowest BCUT2D eigenvalue weighted by molar-refractivity contribution is 0.157. The van der Waals surface area contributed by atoms with Gasteiger partial charge in [-0.3, -0.25) is 4.99 Å². The Kier molecular flexibility index (Phi) is 2.14. The highest BCUT2D eigenvalue weighted by molar-refractivity contribution is 6.01. The molecule has 0 unspecified atom stereocenters. The molecule has 0 amide bonds. The average Bonchev–Trinajstić information content (AvgIpc) is 2.15. The quantitative estimate of drug-likeness (QED) is 0.563. The highest BCUT2D eigenvalue weighted by Gasteiger charge is 2.12. The van der Waals surface area contributed by atoms with E-state index in [-0.39, 0.29) is 6.42 Å². The fourth-order valence-corrected chi connectivity index (χ4v) is 0.907. The summed E-state index contributed by atoms with van der Waals surface area (Å²) in [7, 11) is 0. The molecule has 0 spiro atoms. The lowest BCUT2D eigenvalue weighted by atomic mass is 10.1. The number of rotatable bonds is 2. The number of aliphatic imine (C=N–C) groups is 1. The van der Waals surface area contributed by atoms with Crippen LogP contribution in [0, 0.1) is 0 Å². The van der Waals surface area contributed by atoms with E-state index >= 15 is 0 Å². The van der Waals surface area contributed by atoms with Crippen LogP contribution in [-0.4, -0.2) is 18.7 Å². The van der Waals surface area contributed by atoms with Gasteiger partial charge in [0.15, 0.2) is 0 Å². The molecule has 0 aromatic rings. The van der Waals surface area contributed by atoms with Crippen molar-refractivity contribution in [1.29, 1.82) is 0 Å². The molecule has 10 heavy (non-hydrogen) atoms. The van der Waals surface area contributed by atoms with E-state index in [2.05, 4.69) is 4.99 Å². The van der Waals surface area contributed by atoms with Gasteiger partial charge in [0, 0.05) is 5.71 Å². The Labute approximate surface area is 58.5 Å². The van der Waals surface area contributed by atoms with E-state index < -0.39 is 6.43 Å². The summed E-state index contributed by atoms with van der Waals surface area (Å²) in [6.07, 6.45) is -0.597. The largest absolute Gasteiger partial charge is 0.285 e. The summed E-state index contributed by atoms with van der Waals surface area (Å²) < 4.78 is 23.5. The lowest BCUT2D eigenvalue weighted by Crippen LogP contribution is -2.03. The van der Waals surface area contributed by atoms with Crippen LogP contribution >= 0.6 is 0 Å². The van der Waals surface area contributed by atoms with Crippen LogP contribution in [0.2, 0.25) is 0 Å². The van der Waals surface area contributed by atoms with Crippen molar-refractivity contribution in [1.82, 2.24) is 0 Å². The number of hydrogen-bond donors (Lipinski definition) is 0. The van der Waals surface area contributed by atoms with E-state index in [4.69, 9.17) is 0 Å². The molecule has 0 aromatic heterocycles. The third kappa shape index (κ3) is 1.62. The second kappa shape index (κ2) is 2.90. The monoisotopic (exact) mass is 145 g/mol. The van der Waals surface area contributed by atoms with Crippen LogP contribution in [0.15, 0.2) is 16.6 Å². The third-order valence-corrected chi connectivity index (χ3v) is 1.48. The van der Waals surface area contributed by atoms with Crippen LogP contribution in [-0.2, 0) is 0 Å². The van der Waals surface area contributed by atoms with E-state index in [0.717, 1.165) is 5.57 Å². The minimum absolute atomic E-state index is 0.192. The van der Waals surface area contributed by atoms with Gasteiger partial charge in [0.25, 0.3) is 0 Å². The average molecular weight is 145 g/mol. The predicted molar refractivity (Wildman–Crippen MR) is 36.7 cm³/mol. The second-order valence-electron chi connectivity index (χ2n) is 2.27. The molecular formula is C7H9F2N. The zero-order valence-electron chi connectivity index (χ0n) is 5.77. The van der Waals surface area contributed by atoms with Crippen LogP contribution in [0.3, 0.4) is 0 Å². The number of halogens is 2. The van der Waals surface area contributed by atoms with Gasteiger partial charge in [-0.25, -0.2) is 8.78 Å². The topological polar surface area (TPSA) is 12.4 Å². The number of allylic oxidation sites excluding steroid dienone is 1. The van der Waals surface area contributed by atoms with Crippen LogP contribution in [0.4, 0.5) is 8.78 Å². The zero-order valence-corrected chi connectivity index (χ0v) is 5.77. The first-order valence-corrected chi connectivity index (χ1v) is 3.18. The predicted octanol–water partition coefficient (Wildman–Crippen LogP) is 2.04. The minimum atomic E-state index is -2.26. The maximum atomic E-state index is 11.8. The SMILES string of the molecule is CC1=CCN=C1CC(F)F. The summed E-state index contributed by atoms with van der Waals surface area (Å²) >= 11 is 0. The van der Waals surface area contributed by atoms with Gasteiger partial charge in [0.1, 0.15) is 0 Å². The highest BCUT2D eigenvalue weighted by atomic mass is 19.3. The number of hydrogen-bond acceptors (Lipinski definition) is 1. The molecule has 1 nitrogen and oxygen atoms in total. The highest BCUT2D eigenvalue weighted by Crippen LogP contribution is 2.12. The second-order valence-corrected chi connectivity index (χ2v) is 2.27. The van der Waals surface area contributed by atoms with Crippen molar-refractivity contribution in [3.8, 4) is 0 Å². The van der Waals surface area contributed by atoms with E-state index in [9.17, 15) is 8.78 Å². The van der Waals surface area contributed by atoms with Crippen LogP contribution in [0.5, 0.6) is 0 Å². The van der Waals surface area contributed by atoms with Crippen LogP contribution < -0.4 is 0 Å². The van der Waals surface area contributed by atoms with E-state index in [0.29, 0.717) is 12.3 Å². The molecule has 0 bridgehead atoms. The van der Waals surface area contributed by atoms with Gasteiger partial charge < -0.3 is 0 Å². The molecule has 0 fully saturated rings. The molecule has 1 heterocycles. The fourth-order valence-electron chi connectivity index (χ4n) is 0.907. The first kappa shape index (κ1) is 7.38. The van der Waals surface area contributed by atoms with Crippen molar-refractivity contribution < 1.29 is 8.78 Å². The number of nitrogens with zero attached hydrogens (tertiary/aromatic N) is 1. The molecule has 1 aliphatic rings. The summed E-state index contributed by atoms with van der Waals surface area (Å²) in [5.41, 5.74) is 1.47. The minimum Gasteiger partial charge on any atom is -0.285 e. The first-order valence-electron chi connectivity index (χ1n) is 3.18. The third-order valence-electron chi connectivity index (χ3n) is 1.48. The normalized spacial score (nSPS) is 17.6. The maximum Gasteiger partial charge on any atom is 0.244 e. The van der Waals surface area contributed by atoms with Gasteiger partial charge in [0.2, 0.25) is 6.43 Å². The Balaban J connectivity index is 2.50. The number of alkyl halides is 2. The summed E-state index contributed by atoms with van der Waals surface area (Å²) in [5.74, 6) is 0. The van der Waals surface area contributed by atoms with Gasteiger partial charge in [-0.1, -0.05) is 6.08 Å². The van der Waals surface area contributed by atoms with Gasteiger partial charge in [-0.05, 0) is 12.5 Å². The summed E-state index contributed by atoms with van der Waals surface area (Å²) in [6, 6.07) is 0. The Hall–Kier alpha value is -0.730. The smallest absolute Gasteiger partial charge is 0.244 e. The fraction of sp³-hybridized carbons (Fsp3) is 0.571. The van der Waals surface area contributed by atoms with Crippen molar-refractivity contribution >= 4 is 5.71 Å². The van der Waals surface area contributed by atoms with Gasteiger partial charge in [-0.15, -0.1) is 0 Å². The Bertz CT molecular complexity index is 182. The molecule has 1 rings (SSSR count). The standard InChI is InChI=1S/C7H9F2N/c1-5-2-3-10-6(5)4-7(8)9/h2,7H,3-4H2,1H3. The van der Waals surface area contributed by atoms with Crippen molar-refractivity contribution in [2.24, 2.45) is 4.99 Å². The van der Waals surface area contributed by atoms with Gasteiger partial charge in [-0.2, -0.15) is 0 Å². The molecule has 0 N–H and O–H groups in total. The van der Waals surface area contributed by atoms with Crippen molar-refractivity contribution in [2.75, 3.05) is 6.54 Å². The molecule has 0 saturated carbocycles. The first-order chi connectivity index (χ1) is 4.70. The van der Waals surface area contributed by atoms with Crippen LogP contribution in [0.1, 0.15) is 13.3 Å². The Morgan fingerprint density at radius 3 is 2.80 bits per heavy atom. The van der Waals surface area contributed by atoms with Gasteiger partial charge >= 0.3 is 0 Å². The molecule has 0 aromatic carbocycles. The Morgan fingerprint density at radius 2 is 2.40 bits per heavy atom. The summed E-state index contributed by atoms with van der Waals surface area (Å²) in [4.78, 5) is 3.90. The van der Waals surface area contributed by atoms with E-state index in [1.807, 2.05) is 13.0 Å². The summed E-state index contributed by atoms with van der Waals surface area (Å²) in [5, 5.41) is 0. The van der Waals surface area contributed by atoms with E-state index in [1.165, 1.54) is 0 Å². The molecule has 0 radical (unpaired) electrons. The van der Waals surface area contributed by atoms with Gasteiger partial charge in [0.05, 0.1) is 13.0 Å². The molecule has 0 saturated heterocycles. The molecule has 1 aliphatic heterocycles. The molecule has 3 heteroatoms. The molecule has 0 atom stereocenters. The summed E-state index contributed by atoms with van der Waals surface area (Å²) in [6.45, 7) is 2.39. The maximum absolute atomic E-state index is 11.8. The van der Waals surface area contributed by atoms with Crippen LogP contribution in [0.25, 0.3) is 0 Å². The Morgan fingerprint density at radius 1 is 1.70 bits per heavy atom. The van der Waals surface area contributed by atoms with E-state index in [1.54, 1.807) is 0 Å². The molecule has 56 valence electrons. The zero-order chi connectivity index (χ0) is 7.56. The molecule has 0 aliphatic carbocycles. The van der Waals surface area contributed by atoms with Crippen molar-refractivity contribution in [3.05, 3.63) is 11.6 Å². The lowest BCUT2D eigenvalue weighted by Gasteiger charge is -1.99. The molecular weight excluding hydrogens is 136 g/mol. The van der Waals surface area contributed by atoms with Crippen molar-refractivity contribution in [3.63, 3.8) is 0 Å². The van der Waals surface area contributed by atoms with Crippen molar-refractivity contribution in [2.45, 2.75) is 19.8 Å².